The van der Waals surface area contributed by atoms with Crippen LogP contribution in [0.2, 0.25) is 0 Å². The van der Waals surface area contributed by atoms with E-state index in [0.29, 0.717) is 11.5 Å². The molecule has 1 unspecified atom stereocenters. The maximum atomic E-state index is 6.31. The van der Waals surface area contributed by atoms with Crippen LogP contribution in [-0.4, -0.2) is 13.2 Å². The van der Waals surface area contributed by atoms with Crippen LogP contribution in [0.15, 0.2) is 12.1 Å². The molecule has 0 heterocycles. The molecule has 2 aliphatic rings. The highest BCUT2D eigenvalue weighted by atomic mass is 16.5. The lowest BCUT2D eigenvalue weighted by Gasteiger charge is -2.33. The van der Waals surface area contributed by atoms with Gasteiger partial charge in [0.25, 0.3) is 0 Å². The summed E-state index contributed by atoms with van der Waals surface area (Å²) < 4.78 is 5.48. The lowest BCUT2D eigenvalue weighted by molar-refractivity contribution is 0.391. The van der Waals surface area contributed by atoms with E-state index in [-0.39, 0.29) is 0 Å². The van der Waals surface area contributed by atoms with Gasteiger partial charge in [-0.15, -0.1) is 0 Å². The van der Waals surface area contributed by atoms with E-state index in [1.165, 1.54) is 29.5 Å². The Balaban J connectivity index is 2.21. The summed E-state index contributed by atoms with van der Waals surface area (Å²) in [4.78, 5) is 0. The van der Waals surface area contributed by atoms with E-state index in [4.69, 9.17) is 10.5 Å². The standard InChI is InChI=1S/C14H19NO/c1-9-3-5-11(16-2)10-4-6-12(15)14(7-8-14)13(9)10/h3,5,12H,4,6-8,15H2,1-2H3. The number of ether oxygens (including phenoxy) is 1. The first kappa shape index (κ1) is 10.2. The van der Waals surface area contributed by atoms with Crippen molar-refractivity contribution in [2.45, 2.75) is 44.1 Å². The van der Waals surface area contributed by atoms with Crippen LogP contribution >= 0.6 is 0 Å². The normalized spacial score (nSPS) is 25.3. The van der Waals surface area contributed by atoms with Crippen LogP contribution in [0.1, 0.15) is 36.0 Å². The minimum absolute atomic E-state index is 0.298. The smallest absolute Gasteiger partial charge is 0.122 e. The number of hydrogen-bond donors (Lipinski definition) is 1. The van der Waals surface area contributed by atoms with Crippen LogP contribution in [0.5, 0.6) is 5.75 Å². The zero-order valence-electron chi connectivity index (χ0n) is 10.0. The maximum absolute atomic E-state index is 6.31. The summed E-state index contributed by atoms with van der Waals surface area (Å²) in [6.07, 6.45) is 4.69. The van der Waals surface area contributed by atoms with Gasteiger partial charge in [-0.1, -0.05) is 6.07 Å². The number of aryl methyl sites for hydroxylation is 1. The Kier molecular flexibility index (Phi) is 2.05. The van der Waals surface area contributed by atoms with Crippen molar-refractivity contribution < 1.29 is 4.74 Å². The van der Waals surface area contributed by atoms with Crippen LogP contribution in [0, 0.1) is 6.92 Å². The summed E-state index contributed by atoms with van der Waals surface area (Å²) in [5.41, 5.74) is 10.9. The van der Waals surface area contributed by atoms with Crippen LogP contribution in [0.3, 0.4) is 0 Å². The molecule has 1 fully saturated rings. The van der Waals surface area contributed by atoms with Crippen molar-refractivity contribution in [1.29, 1.82) is 0 Å². The molecule has 2 N–H and O–H groups in total. The first-order valence-electron chi connectivity index (χ1n) is 6.11. The van der Waals surface area contributed by atoms with Gasteiger partial charge < -0.3 is 10.5 Å². The minimum atomic E-state index is 0.298. The molecule has 1 aromatic carbocycles. The first-order valence-corrected chi connectivity index (χ1v) is 6.11. The molecule has 86 valence electrons. The maximum Gasteiger partial charge on any atom is 0.122 e. The molecule has 16 heavy (non-hydrogen) atoms. The molecule has 0 radical (unpaired) electrons. The molecule has 0 aliphatic heterocycles. The van der Waals surface area contributed by atoms with Gasteiger partial charge >= 0.3 is 0 Å². The van der Waals surface area contributed by atoms with E-state index < -0.39 is 0 Å². The predicted molar refractivity (Wildman–Crippen MR) is 64.9 cm³/mol. The van der Waals surface area contributed by atoms with Crippen molar-refractivity contribution in [2.24, 2.45) is 5.73 Å². The van der Waals surface area contributed by atoms with Crippen molar-refractivity contribution in [1.82, 2.24) is 0 Å². The molecule has 1 spiro atoms. The molecule has 3 rings (SSSR count). The molecule has 0 bridgehead atoms. The average Bonchev–Trinajstić information content (AvgIpc) is 3.05. The van der Waals surface area contributed by atoms with Gasteiger partial charge in [0.2, 0.25) is 0 Å². The Hall–Kier alpha value is -1.02. The van der Waals surface area contributed by atoms with E-state index in [2.05, 4.69) is 19.1 Å². The molecule has 0 saturated heterocycles. The fourth-order valence-corrected chi connectivity index (χ4v) is 3.40. The number of fused-ring (bicyclic) bond motifs is 2. The van der Waals surface area contributed by atoms with Crippen molar-refractivity contribution in [3.63, 3.8) is 0 Å². The molecule has 1 aromatic rings. The van der Waals surface area contributed by atoms with Crippen LogP contribution < -0.4 is 10.5 Å². The Morgan fingerprint density at radius 2 is 2.12 bits per heavy atom. The van der Waals surface area contributed by atoms with Crippen LogP contribution in [0.25, 0.3) is 0 Å². The first-order chi connectivity index (χ1) is 7.69. The summed E-state index contributed by atoms with van der Waals surface area (Å²) in [5, 5.41) is 0. The van der Waals surface area contributed by atoms with Gasteiger partial charge in [0, 0.05) is 11.5 Å². The van der Waals surface area contributed by atoms with E-state index >= 15 is 0 Å². The molecule has 1 atom stereocenters. The Morgan fingerprint density at radius 1 is 1.38 bits per heavy atom. The molecular weight excluding hydrogens is 198 g/mol. The zero-order valence-corrected chi connectivity index (χ0v) is 10.0. The number of rotatable bonds is 1. The van der Waals surface area contributed by atoms with E-state index in [0.717, 1.165) is 18.6 Å². The zero-order chi connectivity index (χ0) is 11.3. The van der Waals surface area contributed by atoms with Gasteiger partial charge in [0.15, 0.2) is 0 Å². The summed E-state index contributed by atoms with van der Waals surface area (Å²) in [7, 11) is 1.76. The van der Waals surface area contributed by atoms with Crippen molar-refractivity contribution in [2.75, 3.05) is 7.11 Å². The topological polar surface area (TPSA) is 35.2 Å². The fraction of sp³-hybridized carbons (Fsp3) is 0.571. The van der Waals surface area contributed by atoms with Gasteiger partial charge in [0.1, 0.15) is 5.75 Å². The van der Waals surface area contributed by atoms with Crippen molar-refractivity contribution in [3.05, 3.63) is 28.8 Å². The van der Waals surface area contributed by atoms with Gasteiger partial charge in [-0.2, -0.15) is 0 Å². The van der Waals surface area contributed by atoms with Gasteiger partial charge in [-0.25, -0.2) is 0 Å². The third-order valence-electron chi connectivity index (χ3n) is 4.40. The number of nitrogens with two attached hydrogens (primary N) is 1. The molecule has 0 amide bonds. The minimum Gasteiger partial charge on any atom is -0.496 e. The summed E-state index contributed by atoms with van der Waals surface area (Å²) >= 11 is 0. The Bertz CT molecular complexity index is 435. The molecule has 2 heteroatoms. The molecule has 2 aliphatic carbocycles. The summed E-state index contributed by atoms with van der Waals surface area (Å²) in [5.74, 6) is 1.05. The third-order valence-corrected chi connectivity index (χ3v) is 4.40. The highest BCUT2D eigenvalue weighted by Crippen LogP contribution is 2.56. The second-order valence-electron chi connectivity index (χ2n) is 5.24. The van der Waals surface area contributed by atoms with Crippen molar-refractivity contribution >= 4 is 0 Å². The van der Waals surface area contributed by atoms with Crippen LogP contribution in [0.4, 0.5) is 0 Å². The fourth-order valence-electron chi connectivity index (χ4n) is 3.40. The second-order valence-corrected chi connectivity index (χ2v) is 5.24. The summed E-state index contributed by atoms with van der Waals surface area (Å²) in [6, 6.07) is 4.63. The second kappa shape index (κ2) is 3.24. The lowest BCUT2D eigenvalue weighted by atomic mass is 9.74. The van der Waals surface area contributed by atoms with Gasteiger partial charge in [-0.05, 0) is 55.4 Å². The molecule has 1 saturated carbocycles. The molecular formula is C14H19NO. The third kappa shape index (κ3) is 1.17. The van der Waals surface area contributed by atoms with Crippen molar-refractivity contribution in [3.8, 4) is 5.75 Å². The van der Waals surface area contributed by atoms with Crippen LogP contribution in [-0.2, 0) is 11.8 Å². The largest absolute Gasteiger partial charge is 0.496 e. The molecule has 0 aromatic heterocycles. The number of hydrogen-bond acceptors (Lipinski definition) is 2. The summed E-state index contributed by atoms with van der Waals surface area (Å²) in [6.45, 7) is 2.20. The SMILES string of the molecule is COc1ccc(C)c2c1CCC(N)C21CC1. The highest BCUT2D eigenvalue weighted by molar-refractivity contribution is 5.53. The van der Waals surface area contributed by atoms with Gasteiger partial charge in [0.05, 0.1) is 7.11 Å². The number of methoxy groups -OCH3 is 1. The monoisotopic (exact) mass is 217 g/mol. The number of benzene rings is 1. The Morgan fingerprint density at radius 3 is 2.75 bits per heavy atom. The van der Waals surface area contributed by atoms with E-state index in [1.807, 2.05) is 0 Å². The average molecular weight is 217 g/mol. The van der Waals surface area contributed by atoms with E-state index in [1.54, 1.807) is 7.11 Å². The highest BCUT2D eigenvalue weighted by Gasteiger charge is 2.53. The van der Waals surface area contributed by atoms with E-state index in [9.17, 15) is 0 Å². The molecule has 2 nitrogen and oxygen atoms in total. The predicted octanol–water partition coefficient (Wildman–Crippen LogP) is 2.31. The van der Waals surface area contributed by atoms with Gasteiger partial charge in [-0.3, -0.25) is 0 Å². The Labute approximate surface area is 96.8 Å². The lowest BCUT2D eigenvalue weighted by Crippen LogP contribution is -2.39. The quantitative estimate of drug-likeness (QED) is 0.783.